The molecule has 0 amide bonds. The van der Waals surface area contributed by atoms with Crippen molar-refractivity contribution >= 4 is 27.4 Å². The number of nitriles is 1. The first-order valence-corrected chi connectivity index (χ1v) is 10.2. The number of nitrogens with zero attached hydrogens (tertiary/aromatic N) is 2. The van der Waals surface area contributed by atoms with Crippen LogP contribution in [0.5, 0.6) is 5.75 Å². The van der Waals surface area contributed by atoms with Crippen LogP contribution in [0, 0.1) is 11.3 Å². The zero-order chi connectivity index (χ0) is 20.5. The van der Waals surface area contributed by atoms with E-state index in [0.29, 0.717) is 23.4 Å². The third kappa shape index (κ3) is 3.32. The zero-order valence-corrected chi connectivity index (χ0v) is 17.6. The van der Waals surface area contributed by atoms with Gasteiger partial charge in [0.25, 0.3) is 0 Å². The summed E-state index contributed by atoms with van der Waals surface area (Å²) in [6.45, 7) is 0. The first-order valence-electron chi connectivity index (χ1n) is 9.40. The quantitative estimate of drug-likeness (QED) is 0.730. The summed E-state index contributed by atoms with van der Waals surface area (Å²) in [6.07, 6.45) is 2.00. The molecule has 1 unspecified atom stereocenters. The van der Waals surface area contributed by atoms with Gasteiger partial charge in [-0.25, -0.2) is 0 Å². The Labute approximate surface area is 178 Å². The minimum absolute atomic E-state index is 0.0782. The van der Waals surface area contributed by atoms with E-state index >= 15 is 0 Å². The van der Waals surface area contributed by atoms with Crippen LogP contribution in [0.2, 0.25) is 0 Å². The topological polar surface area (TPSA) is 79.3 Å². The molecule has 1 aliphatic carbocycles. The fourth-order valence-electron chi connectivity index (χ4n) is 4.10. The van der Waals surface area contributed by atoms with Gasteiger partial charge in [-0.05, 0) is 54.8 Å². The summed E-state index contributed by atoms with van der Waals surface area (Å²) in [5, 5.41) is 10.00. The van der Waals surface area contributed by atoms with Gasteiger partial charge in [-0.1, -0.05) is 28.1 Å². The third-order valence-electron chi connectivity index (χ3n) is 5.45. The van der Waals surface area contributed by atoms with Crippen molar-refractivity contribution in [3.63, 3.8) is 0 Å². The van der Waals surface area contributed by atoms with Crippen molar-refractivity contribution in [3.05, 3.63) is 81.2 Å². The lowest BCUT2D eigenvalue weighted by Crippen LogP contribution is -2.38. The molecule has 5 nitrogen and oxygen atoms in total. The van der Waals surface area contributed by atoms with E-state index in [4.69, 9.17) is 10.5 Å². The SMILES string of the molecule is COc1ccc(C2C(C#N)=C(N)N(c3ccc(Br)cc3)C3=C2C(=O)CCC3)cc1. The molecule has 1 atom stereocenters. The molecule has 29 heavy (non-hydrogen) atoms. The van der Waals surface area contributed by atoms with Crippen LogP contribution in [0.4, 0.5) is 5.69 Å². The Morgan fingerprint density at radius 1 is 1.14 bits per heavy atom. The number of Topliss-reactive ketones (excluding diaryl/α,β-unsaturated/α-hetero) is 1. The zero-order valence-electron chi connectivity index (χ0n) is 16.0. The monoisotopic (exact) mass is 449 g/mol. The first-order chi connectivity index (χ1) is 14.0. The maximum Gasteiger partial charge on any atom is 0.161 e. The van der Waals surface area contributed by atoms with Gasteiger partial charge < -0.3 is 10.5 Å². The highest BCUT2D eigenvalue weighted by Gasteiger charge is 2.40. The number of nitrogens with two attached hydrogens (primary N) is 1. The van der Waals surface area contributed by atoms with E-state index in [0.717, 1.165) is 40.0 Å². The summed E-state index contributed by atoms with van der Waals surface area (Å²) in [5.41, 5.74) is 10.2. The van der Waals surface area contributed by atoms with Crippen LogP contribution in [-0.4, -0.2) is 12.9 Å². The minimum atomic E-state index is -0.458. The lowest BCUT2D eigenvalue weighted by molar-refractivity contribution is -0.116. The maximum absolute atomic E-state index is 13.0. The predicted octanol–water partition coefficient (Wildman–Crippen LogP) is 4.76. The Morgan fingerprint density at radius 3 is 2.45 bits per heavy atom. The van der Waals surface area contributed by atoms with Gasteiger partial charge in [0, 0.05) is 27.9 Å². The van der Waals surface area contributed by atoms with Crippen molar-refractivity contribution in [2.45, 2.75) is 25.2 Å². The van der Waals surface area contributed by atoms with E-state index in [1.165, 1.54) is 0 Å². The van der Waals surface area contributed by atoms with Crippen LogP contribution in [0.1, 0.15) is 30.7 Å². The van der Waals surface area contributed by atoms with Crippen LogP contribution < -0.4 is 15.4 Å². The second-order valence-corrected chi connectivity index (χ2v) is 7.98. The molecular weight excluding hydrogens is 430 g/mol. The molecule has 0 saturated heterocycles. The average molecular weight is 450 g/mol. The van der Waals surface area contributed by atoms with Gasteiger partial charge in [0.2, 0.25) is 0 Å². The minimum Gasteiger partial charge on any atom is -0.497 e. The number of benzene rings is 2. The van der Waals surface area contributed by atoms with Crippen LogP contribution >= 0.6 is 15.9 Å². The Hall–Kier alpha value is -3.04. The van der Waals surface area contributed by atoms with E-state index < -0.39 is 5.92 Å². The van der Waals surface area contributed by atoms with Gasteiger partial charge >= 0.3 is 0 Å². The van der Waals surface area contributed by atoms with E-state index in [9.17, 15) is 10.1 Å². The Morgan fingerprint density at radius 2 is 1.83 bits per heavy atom. The predicted molar refractivity (Wildman–Crippen MR) is 115 cm³/mol. The molecule has 2 aromatic rings. The number of anilines is 1. The van der Waals surface area contributed by atoms with Crippen molar-refractivity contribution in [2.75, 3.05) is 12.0 Å². The number of carbonyl (C=O) groups excluding carboxylic acids is 1. The average Bonchev–Trinajstić information content (AvgIpc) is 2.74. The van der Waals surface area contributed by atoms with E-state index in [1.54, 1.807) is 7.11 Å². The number of ketones is 1. The second-order valence-electron chi connectivity index (χ2n) is 7.07. The highest BCUT2D eigenvalue weighted by Crippen LogP contribution is 2.46. The molecule has 2 aromatic carbocycles. The highest BCUT2D eigenvalue weighted by atomic mass is 79.9. The van der Waals surface area contributed by atoms with Gasteiger partial charge in [0.05, 0.1) is 24.7 Å². The number of hydrogen-bond donors (Lipinski definition) is 1. The molecule has 146 valence electrons. The summed E-state index contributed by atoms with van der Waals surface area (Å²) >= 11 is 3.45. The Balaban J connectivity index is 1.92. The van der Waals surface area contributed by atoms with Gasteiger partial charge in [0.15, 0.2) is 5.78 Å². The number of carbonyl (C=O) groups is 1. The molecule has 0 saturated carbocycles. The van der Waals surface area contributed by atoms with Crippen LogP contribution in [0.15, 0.2) is 75.7 Å². The summed E-state index contributed by atoms with van der Waals surface area (Å²) in [5.74, 6) is 0.722. The normalized spacial score (nSPS) is 19.1. The van der Waals surface area contributed by atoms with Crippen LogP contribution in [0.3, 0.4) is 0 Å². The highest BCUT2D eigenvalue weighted by molar-refractivity contribution is 9.10. The van der Waals surface area contributed by atoms with Crippen molar-refractivity contribution in [1.82, 2.24) is 0 Å². The number of ether oxygens (including phenoxy) is 1. The lowest BCUT2D eigenvalue weighted by Gasteiger charge is -2.39. The number of methoxy groups -OCH3 is 1. The van der Waals surface area contributed by atoms with Gasteiger partial charge in [-0.2, -0.15) is 5.26 Å². The molecule has 6 heteroatoms. The van der Waals surface area contributed by atoms with E-state index in [2.05, 4.69) is 22.0 Å². The fourth-order valence-corrected chi connectivity index (χ4v) is 4.37. The molecule has 0 bridgehead atoms. The van der Waals surface area contributed by atoms with Crippen molar-refractivity contribution in [1.29, 1.82) is 5.26 Å². The standard InChI is InChI=1S/C23H20BrN3O2/c1-29-17-11-5-14(6-12-17)21-18(13-25)23(26)27(16-9-7-15(24)8-10-16)19-3-2-4-20(28)22(19)21/h5-12,21H,2-4,26H2,1H3. The molecule has 4 rings (SSSR count). The van der Waals surface area contributed by atoms with Crippen LogP contribution in [0.25, 0.3) is 0 Å². The van der Waals surface area contributed by atoms with Gasteiger partial charge in [-0.15, -0.1) is 0 Å². The molecule has 0 radical (unpaired) electrons. The van der Waals surface area contributed by atoms with E-state index in [-0.39, 0.29) is 5.78 Å². The molecule has 1 heterocycles. The molecule has 2 aliphatic rings. The largest absolute Gasteiger partial charge is 0.497 e. The molecular formula is C23H20BrN3O2. The van der Waals surface area contributed by atoms with Gasteiger partial charge in [0.1, 0.15) is 11.6 Å². The fraction of sp³-hybridized carbons (Fsp3) is 0.217. The number of halogens is 1. The smallest absolute Gasteiger partial charge is 0.161 e. The summed E-state index contributed by atoms with van der Waals surface area (Å²) in [6, 6.07) is 17.5. The summed E-state index contributed by atoms with van der Waals surface area (Å²) in [4.78, 5) is 14.9. The van der Waals surface area contributed by atoms with Crippen molar-refractivity contribution in [3.8, 4) is 11.8 Å². The summed E-state index contributed by atoms with van der Waals surface area (Å²) in [7, 11) is 1.61. The van der Waals surface area contributed by atoms with Crippen molar-refractivity contribution in [2.24, 2.45) is 5.73 Å². The molecule has 1 aliphatic heterocycles. The lowest BCUT2D eigenvalue weighted by atomic mass is 9.75. The number of hydrogen-bond acceptors (Lipinski definition) is 5. The maximum atomic E-state index is 13.0. The molecule has 2 N–H and O–H groups in total. The molecule has 0 fully saturated rings. The first kappa shape index (κ1) is 19.3. The third-order valence-corrected chi connectivity index (χ3v) is 5.98. The molecule has 0 spiro atoms. The van der Waals surface area contributed by atoms with E-state index in [1.807, 2.05) is 53.4 Å². The van der Waals surface area contributed by atoms with Crippen molar-refractivity contribution < 1.29 is 9.53 Å². The van der Waals surface area contributed by atoms with Gasteiger partial charge in [-0.3, -0.25) is 9.69 Å². The Bertz CT molecular complexity index is 1060. The Kier molecular flexibility index (Phi) is 5.16. The number of allylic oxidation sites excluding steroid dienone is 3. The number of rotatable bonds is 3. The molecule has 0 aromatic heterocycles. The second kappa shape index (κ2) is 7.76. The summed E-state index contributed by atoms with van der Waals surface area (Å²) < 4.78 is 6.20. The van der Waals surface area contributed by atoms with Crippen LogP contribution in [-0.2, 0) is 4.79 Å².